The maximum atomic E-state index is 10.4. The molecule has 0 unspecified atom stereocenters. The molecule has 0 aliphatic rings. The molecule has 1 aromatic heterocycles. The van der Waals surface area contributed by atoms with Gasteiger partial charge in [-0.05, 0) is 44.5 Å². The minimum atomic E-state index is -0.952. The van der Waals surface area contributed by atoms with Crippen LogP contribution in [0.1, 0.15) is 26.3 Å². The van der Waals surface area contributed by atoms with E-state index in [9.17, 15) is 4.79 Å². The van der Waals surface area contributed by atoms with Gasteiger partial charge in [-0.3, -0.25) is 0 Å². The van der Waals surface area contributed by atoms with Crippen molar-refractivity contribution in [2.45, 2.75) is 26.8 Å². The molecule has 92 valence electrons. The maximum absolute atomic E-state index is 10.4. The number of pyridine rings is 1. The summed E-state index contributed by atoms with van der Waals surface area (Å²) in [5.74, 6) is -0.0404. The van der Waals surface area contributed by atoms with Gasteiger partial charge in [-0.25, -0.2) is 9.78 Å². The lowest BCUT2D eigenvalue weighted by Gasteiger charge is -2.26. The number of carbonyl (C=O) groups is 1. The second kappa shape index (κ2) is 6.03. The van der Waals surface area contributed by atoms with E-state index in [-0.39, 0.29) is 0 Å². The molecular formula is C13H18N2O2. The highest BCUT2D eigenvalue weighted by molar-refractivity contribution is 5.85. The van der Waals surface area contributed by atoms with E-state index in [2.05, 4.69) is 30.7 Å². The number of aliphatic carboxylic acids is 1. The minimum absolute atomic E-state index is 0.396. The lowest BCUT2D eigenvalue weighted by Crippen LogP contribution is -2.30. The lowest BCUT2D eigenvalue weighted by atomic mass is 10.2. The summed E-state index contributed by atoms with van der Waals surface area (Å²) in [6, 6.07) is 4.17. The van der Waals surface area contributed by atoms with E-state index in [0.717, 1.165) is 24.0 Å². The molecule has 0 aliphatic heterocycles. The predicted molar refractivity (Wildman–Crippen MR) is 69.1 cm³/mol. The molecule has 0 radical (unpaired) electrons. The van der Waals surface area contributed by atoms with Gasteiger partial charge >= 0.3 is 5.97 Å². The number of rotatable bonds is 5. The van der Waals surface area contributed by atoms with Gasteiger partial charge < -0.3 is 10.0 Å². The highest BCUT2D eigenvalue weighted by Crippen LogP contribution is 2.14. The van der Waals surface area contributed by atoms with E-state index in [1.165, 1.54) is 6.08 Å². The van der Waals surface area contributed by atoms with Gasteiger partial charge in [0, 0.05) is 24.9 Å². The standard InChI is InChI=1S/C13H18N2O2/c1-4-15(10(2)3)12-7-5-11(9-14-12)6-8-13(16)17/h5-10H,4H2,1-3H3,(H,16,17)/b8-6+. The van der Waals surface area contributed by atoms with Crippen molar-refractivity contribution >= 4 is 17.9 Å². The van der Waals surface area contributed by atoms with Crippen LogP contribution in [0.15, 0.2) is 24.4 Å². The lowest BCUT2D eigenvalue weighted by molar-refractivity contribution is -0.131. The fourth-order valence-electron chi connectivity index (χ4n) is 1.63. The fourth-order valence-corrected chi connectivity index (χ4v) is 1.63. The Morgan fingerprint density at radius 3 is 2.65 bits per heavy atom. The van der Waals surface area contributed by atoms with Gasteiger partial charge in [-0.1, -0.05) is 0 Å². The first-order chi connectivity index (χ1) is 8.04. The molecule has 0 aliphatic carbocycles. The largest absolute Gasteiger partial charge is 0.478 e. The summed E-state index contributed by atoms with van der Waals surface area (Å²) < 4.78 is 0. The number of hydrogen-bond acceptors (Lipinski definition) is 3. The van der Waals surface area contributed by atoms with Crippen molar-refractivity contribution in [1.82, 2.24) is 4.98 Å². The van der Waals surface area contributed by atoms with Crippen LogP contribution < -0.4 is 4.90 Å². The summed E-state index contributed by atoms with van der Waals surface area (Å²) in [5.41, 5.74) is 0.788. The number of aromatic nitrogens is 1. The van der Waals surface area contributed by atoms with Gasteiger partial charge in [0.2, 0.25) is 0 Å². The molecule has 0 saturated carbocycles. The number of carboxylic acid groups (broad SMARTS) is 1. The Morgan fingerprint density at radius 2 is 2.24 bits per heavy atom. The van der Waals surface area contributed by atoms with Crippen molar-refractivity contribution in [3.8, 4) is 0 Å². The zero-order valence-electron chi connectivity index (χ0n) is 10.4. The second-order valence-electron chi connectivity index (χ2n) is 4.00. The average molecular weight is 234 g/mol. The van der Waals surface area contributed by atoms with Crippen molar-refractivity contribution in [3.63, 3.8) is 0 Å². The van der Waals surface area contributed by atoms with Crippen molar-refractivity contribution in [2.24, 2.45) is 0 Å². The Morgan fingerprint density at radius 1 is 1.53 bits per heavy atom. The van der Waals surface area contributed by atoms with E-state index in [0.29, 0.717) is 6.04 Å². The molecule has 1 aromatic rings. The quantitative estimate of drug-likeness (QED) is 0.795. The molecule has 1 heterocycles. The summed E-state index contributed by atoms with van der Waals surface area (Å²) >= 11 is 0. The number of carboxylic acids is 1. The van der Waals surface area contributed by atoms with Crippen molar-refractivity contribution in [3.05, 3.63) is 30.0 Å². The third kappa shape index (κ3) is 3.90. The first kappa shape index (κ1) is 13.2. The SMILES string of the molecule is CCN(c1ccc(/C=C/C(=O)O)cn1)C(C)C. The van der Waals surface area contributed by atoms with Crippen LogP contribution in [0.2, 0.25) is 0 Å². The fraction of sp³-hybridized carbons (Fsp3) is 0.385. The van der Waals surface area contributed by atoms with Crippen LogP contribution in [0.4, 0.5) is 5.82 Å². The summed E-state index contributed by atoms with van der Waals surface area (Å²) in [4.78, 5) is 16.9. The Bertz CT molecular complexity index is 396. The molecule has 0 fully saturated rings. The van der Waals surface area contributed by atoms with Gasteiger partial charge in [0.15, 0.2) is 0 Å². The summed E-state index contributed by atoms with van der Waals surface area (Å²) in [6.45, 7) is 7.21. The molecular weight excluding hydrogens is 216 g/mol. The molecule has 17 heavy (non-hydrogen) atoms. The summed E-state index contributed by atoms with van der Waals surface area (Å²) in [5, 5.41) is 8.51. The van der Waals surface area contributed by atoms with Gasteiger partial charge in [-0.2, -0.15) is 0 Å². The van der Waals surface area contributed by atoms with E-state index in [4.69, 9.17) is 5.11 Å². The van der Waals surface area contributed by atoms with Crippen LogP contribution in [-0.2, 0) is 4.79 Å². The highest BCUT2D eigenvalue weighted by Gasteiger charge is 2.08. The molecule has 4 heteroatoms. The third-order valence-electron chi connectivity index (χ3n) is 2.45. The Hall–Kier alpha value is -1.84. The molecule has 1 rings (SSSR count). The van der Waals surface area contributed by atoms with E-state index >= 15 is 0 Å². The molecule has 0 spiro atoms. The molecule has 0 bridgehead atoms. The van der Waals surface area contributed by atoms with Crippen LogP contribution in [0, 0.1) is 0 Å². The third-order valence-corrected chi connectivity index (χ3v) is 2.45. The monoisotopic (exact) mass is 234 g/mol. The average Bonchev–Trinajstić information content (AvgIpc) is 2.28. The van der Waals surface area contributed by atoms with Crippen LogP contribution in [0.5, 0.6) is 0 Å². The first-order valence-electron chi connectivity index (χ1n) is 5.68. The molecule has 0 amide bonds. The van der Waals surface area contributed by atoms with E-state index in [1.54, 1.807) is 6.20 Å². The number of nitrogens with zero attached hydrogens (tertiary/aromatic N) is 2. The second-order valence-corrected chi connectivity index (χ2v) is 4.00. The summed E-state index contributed by atoms with van der Waals surface area (Å²) in [7, 11) is 0. The van der Waals surface area contributed by atoms with Crippen molar-refractivity contribution in [2.75, 3.05) is 11.4 Å². The number of hydrogen-bond donors (Lipinski definition) is 1. The minimum Gasteiger partial charge on any atom is -0.478 e. The Labute approximate surface area is 102 Å². The Balaban J connectivity index is 2.83. The smallest absolute Gasteiger partial charge is 0.328 e. The van der Waals surface area contributed by atoms with Crippen molar-refractivity contribution < 1.29 is 9.90 Å². The van der Waals surface area contributed by atoms with Crippen LogP contribution in [0.25, 0.3) is 6.08 Å². The van der Waals surface area contributed by atoms with Gasteiger partial charge in [0.25, 0.3) is 0 Å². The summed E-state index contributed by atoms with van der Waals surface area (Å²) in [6.07, 6.45) is 4.32. The molecule has 0 atom stereocenters. The van der Waals surface area contributed by atoms with E-state index in [1.807, 2.05) is 12.1 Å². The zero-order chi connectivity index (χ0) is 12.8. The van der Waals surface area contributed by atoms with Gasteiger partial charge in [0.05, 0.1) is 0 Å². The molecule has 0 aromatic carbocycles. The zero-order valence-corrected chi connectivity index (χ0v) is 10.4. The van der Waals surface area contributed by atoms with Crippen LogP contribution in [-0.4, -0.2) is 28.6 Å². The van der Waals surface area contributed by atoms with Crippen molar-refractivity contribution in [1.29, 1.82) is 0 Å². The van der Waals surface area contributed by atoms with Crippen LogP contribution in [0.3, 0.4) is 0 Å². The predicted octanol–water partition coefficient (Wildman–Crippen LogP) is 2.41. The molecule has 1 N–H and O–H groups in total. The first-order valence-corrected chi connectivity index (χ1v) is 5.68. The van der Waals surface area contributed by atoms with Crippen LogP contribution >= 0.6 is 0 Å². The number of anilines is 1. The maximum Gasteiger partial charge on any atom is 0.328 e. The van der Waals surface area contributed by atoms with Gasteiger partial charge in [-0.15, -0.1) is 0 Å². The molecule has 0 saturated heterocycles. The topological polar surface area (TPSA) is 53.4 Å². The molecule has 4 nitrogen and oxygen atoms in total. The normalized spacial score (nSPS) is 11.1. The highest BCUT2D eigenvalue weighted by atomic mass is 16.4. The van der Waals surface area contributed by atoms with Gasteiger partial charge in [0.1, 0.15) is 5.82 Å². The Kier molecular flexibility index (Phi) is 4.69. The van der Waals surface area contributed by atoms with E-state index < -0.39 is 5.97 Å².